The normalized spacial score (nSPS) is 10.3. The van der Waals surface area contributed by atoms with Crippen molar-refractivity contribution in [3.05, 3.63) is 50.2 Å². The summed E-state index contributed by atoms with van der Waals surface area (Å²) < 4.78 is 0. The van der Waals surface area contributed by atoms with Crippen molar-refractivity contribution in [3.63, 3.8) is 0 Å². The summed E-state index contributed by atoms with van der Waals surface area (Å²) in [7, 11) is 0. The van der Waals surface area contributed by atoms with E-state index in [1.807, 2.05) is 19.1 Å². The zero-order valence-corrected chi connectivity index (χ0v) is 10.7. The number of nitro groups is 1. The number of nitrogens with one attached hydrogen (secondary N) is 1. The van der Waals surface area contributed by atoms with Gasteiger partial charge in [-0.3, -0.25) is 10.1 Å². The Morgan fingerprint density at radius 3 is 2.78 bits per heavy atom. The predicted octanol–water partition coefficient (Wildman–Crippen LogP) is 3.16. The van der Waals surface area contributed by atoms with E-state index in [1.165, 1.54) is 21.9 Å². The molecule has 1 heterocycles. The number of hydrogen-bond donors (Lipinski definition) is 2. The predicted molar refractivity (Wildman–Crippen MR) is 73.9 cm³/mol. The molecule has 0 aliphatic carbocycles. The Labute approximate surface area is 108 Å². The summed E-state index contributed by atoms with van der Waals surface area (Å²) in [6.45, 7) is 2.68. The summed E-state index contributed by atoms with van der Waals surface area (Å²) in [4.78, 5) is 12.7. The highest BCUT2D eigenvalue weighted by Gasteiger charge is 2.08. The van der Waals surface area contributed by atoms with Crippen molar-refractivity contribution in [3.8, 4) is 0 Å². The molecule has 0 aliphatic heterocycles. The topological polar surface area (TPSA) is 81.2 Å². The number of hydrogen-bond acceptors (Lipinski definition) is 5. The van der Waals surface area contributed by atoms with Crippen LogP contribution in [0, 0.1) is 17.0 Å². The number of aryl methyl sites for hydroxylation is 1. The minimum Gasteiger partial charge on any atom is -0.398 e. The highest BCUT2D eigenvalue weighted by atomic mass is 32.1. The van der Waals surface area contributed by atoms with Crippen LogP contribution in [-0.4, -0.2) is 4.92 Å². The standard InChI is InChI=1S/C12H13N3O2S/c1-8-2-3-12(18-8)7-14-10-4-9(13)5-11(6-10)15(16)17/h2-6,14H,7,13H2,1H3. The van der Waals surface area contributed by atoms with Crippen molar-refractivity contribution in [2.45, 2.75) is 13.5 Å². The van der Waals surface area contributed by atoms with E-state index in [-0.39, 0.29) is 5.69 Å². The van der Waals surface area contributed by atoms with E-state index in [1.54, 1.807) is 17.4 Å². The fourth-order valence-corrected chi connectivity index (χ4v) is 2.44. The van der Waals surface area contributed by atoms with Gasteiger partial charge >= 0.3 is 0 Å². The van der Waals surface area contributed by atoms with Gasteiger partial charge in [0.1, 0.15) is 0 Å². The second kappa shape index (κ2) is 5.05. The van der Waals surface area contributed by atoms with E-state index in [4.69, 9.17) is 5.73 Å². The summed E-state index contributed by atoms with van der Waals surface area (Å²) in [5.74, 6) is 0. The third kappa shape index (κ3) is 2.98. The van der Waals surface area contributed by atoms with Crippen LogP contribution in [-0.2, 0) is 6.54 Å². The van der Waals surface area contributed by atoms with Crippen LogP contribution in [0.15, 0.2) is 30.3 Å². The molecule has 0 amide bonds. The highest BCUT2D eigenvalue weighted by Crippen LogP contribution is 2.23. The van der Waals surface area contributed by atoms with Crippen molar-refractivity contribution >= 4 is 28.4 Å². The maximum Gasteiger partial charge on any atom is 0.273 e. The van der Waals surface area contributed by atoms with Gasteiger partial charge in [-0.05, 0) is 25.1 Å². The number of nitrogens with two attached hydrogens (primary N) is 1. The number of nitro benzene ring substituents is 1. The Morgan fingerprint density at radius 2 is 2.17 bits per heavy atom. The molecule has 6 heteroatoms. The van der Waals surface area contributed by atoms with E-state index in [9.17, 15) is 10.1 Å². The summed E-state index contributed by atoms with van der Waals surface area (Å²) in [6, 6.07) is 8.60. The summed E-state index contributed by atoms with van der Waals surface area (Å²) >= 11 is 1.69. The van der Waals surface area contributed by atoms with Gasteiger partial charge in [-0.2, -0.15) is 0 Å². The molecular formula is C12H13N3O2S. The van der Waals surface area contributed by atoms with Gasteiger partial charge in [0.15, 0.2) is 0 Å². The molecule has 2 aromatic rings. The quantitative estimate of drug-likeness (QED) is 0.504. The number of thiophene rings is 1. The average Bonchev–Trinajstić information content (AvgIpc) is 2.72. The molecule has 0 unspecified atom stereocenters. The lowest BCUT2D eigenvalue weighted by Crippen LogP contribution is -2.00. The summed E-state index contributed by atoms with van der Waals surface area (Å²) in [5.41, 5.74) is 6.67. The number of nitrogens with zero attached hydrogens (tertiary/aromatic N) is 1. The number of nitrogen functional groups attached to an aromatic ring is 1. The SMILES string of the molecule is Cc1ccc(CNc2cc(N)cc([N+](=O)[O-])c2)s1. The molecule has 0 fully saturated rings. The molecule has 0 radical (unpaired) electrons. The van der Waals surface area contributed by atoms with E-state index >= 15 is 0 Å². The van der Waals surface area contributed by atoms with Crippen molar-refractivity contribution < 1.29 is 4.92 Å². The molecule has 1 aromatic carbocycles. The van der Waals surface area contributed by atoms with Gasteiger partial charge in [-0.1, -0.05) is 0 Å². The Balaban J connectivity index is 2.11. The number of non-ortho nitro benzene ring substituents is 1. The van der Waals surface area contributed by atoms with Crippen molar-refractivity contribution in [2.24, 2.45) is 0 Å². The second-order valence-electron chi connectivity index (χ2n) is 3.94. The summed E-state index contributed by atoms with van der Waals surface area (Å²) in [5, 5.41) is 13.8. The molecule has 0 saturated carbocycles. The van der Waals surface area contributed by atoms with E-state index in [2.05, 4.69) is 5.32 Å². The average molecular weight is 263 g/mol. The first-order valence-corrected chi connectivity index (χ1v) is 6.20. The second-order valence-corrected chi connectivity index (χ2v) is 5.31. The first-order chi connectivity index (χ1) is 8.54. The van der Waals surface area contributed by atoms with Gasteiger partial charge in [0.25, 0.3) is 5.69 Å². The van der Waals surface area contributed by atoms with Crippen LogP contribution >= 0.6 is 11.3 Å². The molecule has 5 nitrogen and oxygen atoms in total. The number of benzene rings is 1. The zero-order valence-electron chi connectivity index (χ0n) is 9.84. The molecule has 0 aliphatic rings. The van der Waals surface area contributed by atoms with Crippen molar-refractivity contribution in [1.29, 1.82) is 0 Å². The van der Waals surface area contributed by atoms with Crippen LogP contribution in [0.5, 0.6) is 0 Å². The minimum absolute atomic E-state index is 0.000129. The monoisotopic (exact) mass is 263 g/mol. The van der Waals surface area contributed by atoms with Crippen LogP contribution in [0.2, 0.25) is 0 Å². The first-order valence-electron chi connectivity index (χ1n) is 5.39. The van der Waals surface area contributed by atoms with Crippen molar-refractivity contribution in [2.75, 3.05) is 11.1 Å². The Hall–Kier alpha value is -2.08. The molecule has 1 aromatic heterocycles. The Morgan fingerprint density at radius 1 is 1.39 bits per heavy atom. The highest BCUT2D eigenvalue weighted by molar-refractivity contribution is 7.11. The lowest BCUT2D eigenvalue weighted by atomic mass is 10.2. The van der Waals surface area contributed by atoms with E-state index < -0.39 is 4.92 Å². The van der Waals surface area contributed by atoms with Gasteiger partial charge in [-0.15, -0.1) is 11.3 Å². The number of anilines is 2. The number of rotatable bonds is 4. The maximum absolute atomic E-state index is 10.7. The van der Waals surface area contributed by atoms with Crippen LogP contribution < -0.4 is 11.1 Å². The first kappa shape index (κ1) is 12.4. The summed E-state index contributed by atoms with van der Waals surface area (Å²) in [6.07, 6.45) is 0. The van der Waals surface area contributed by atoms with Crippen LogP contribution in [0.25, 0.3) is 0 Å². The van der Waals surface area contributed by atoms with Crippen molar-refractivity contribution in [1.82, 2.24) is 0 Å². The van der Waals surface area contributed by atoms with Gasteiger partial charge in [0, 0.05) is 39.8 Å². The van der Waals surface area contributed by atoms with Crippen LogP contribution in [0.3, 0.4) is 0 Å². The Kier molecular flexibility index (Phi) is 3.47. The molecule has 18 heavy (non-hydrogen) atoms. The molecule has 94 valence electrons. The molecule has 0 spiro atoms. The lowest BCUT2D eigenvalue weighted by Gasteiger charge is -2.05. The molecule has 0 bridgehead atoms. The fourth-order valence-electron chi connectivity index (χ4n) is 1.61. The maximum atomic E-state index is 10.7. The zero-order chi connectivity index (χ0) is 13.1. The van der Waals surface area contributed by atoms with E-state index in [0.717, 1.165) is 0 Å². The molecule has 2 rings (SSSR count). The van der Waals surface area contributed by atoms with Gasteiger partial charge in [0.05, 0.1) is 4.92 Å². The third-order valence-corrected chi connectivity index (χ3v) is 3.41. The van der Waals surface area contributed by atoms with Crippen LogP contribution in [0.4, 0.5) is 17.1 Å². The largest absolute Gasteiger partial charge is 0.398 e. The minimum atomic E-state index is -0.448. The lowest BCUT2D eigenvalue weighted by molar-refractivity contribution is -0.384. The van der Waals surface area contributed by atoms with Gasteiger partial charge in [-0.25, -0.2) is 0 Å². The van der Waals surface area contributed by atoms with E-state index in [0.29, 0.717) is 17.9 Å². The van der Waals surface area contributed by atoms with Gasteiger partial charge < -0.3 is 11.1 Å². The molecule has 0 atom stereocenters. The molecular weight excluding hydrogens is 250 g/mol. The third-order valence-electron chi connectivity index (χ3n) is 2.41. The molecule has 0 saturated heterocycles. The smallest absolute Gasteiger partial charge is 0.273 e. The Bertz CT molecular complexity index is 580. The van der Waals surface area contributed by atoms with Gasteiger partial charge in [0.2, 0.25) is 0 Å². The molecule has 3 N–H and O–H groups in total. The fraction of sp³-hybridized carbons (Fsp3) is 0.167. The van der Waals surface area contributed by atoms with Crippen LogP contribution in [0.1, 0.15) is 9.75 Å².